The van der Waals surface area contributed by atoms with Crippen LogP contribution in [0.4, 0.5) is 11.4 Å². The Kier molecular flexibility index (Phi) is 6.67. The smallest absolute Gasteiger partial charge is 0.252 e. The highest BCUT2D eigenvalue weighted by atomic mass is 32.1. The van der Waals surface area contributed by atoms with Gasteiger partial charge in [-0.05, 0) is 44.4 Å². The summed E-state index contributed by atoms with van der Waals surface area (Å²) in [7, 11) is 1.52. The zero-order valence-corrected chi connectivity index (χ0v) is 19.4. The maximum atomic E-state index is 12.9. The number of fused-ring (bicyclic) bond motifs is 1. The molecule has 166 valence electrons. The van der Waals surface area contributed by atoms with E-state index < -0.39 is 0 Å². The highest BCUT2D eigenvalue weighted by Crippen LogP contribution is 2.31. The van der Waals surface area contributed by atoms with Crippen LogP contribution in [-0.4, -0.2) is 37.1 Å². The average molecular weight is 450 g/mol. The molecule has 3 aromatic rings. The summed E-state index contributed by atoms with van der Waals surface area (Å²) in [6.07, 6.45) is 2.08. The number of aryl methyl sites for hydroxylation is 3. The second-order valence-electron chi connectivity index (χ2n) is 8.02. The fraction of sp³-hybridized carbons (Fsp3) is 0.320. The first-order valence-corrected chi connectivity index (χ1v) is 11.5. The van der Waals surface area contributed by atoms with E-state index >= 15 is 0 Å². The molecule has 0 spiro atoms. The van der Waals surface area contributed by atoms with Gasteiger partial charge in [-0.2, -0.15) is 0 Å². The Balaban J connectivity index is 1.52. The van der Waals surface area contributed by atoms with Crippen molar-refractivity contribution in [2.45, 2.75) is 33.1 Å². The number of aromatic nitrogens is 1. The molecule has 2 heterocycles. The normalized spacial score (nSPS) is 13.0. The number of ether oxygens (including phenoxy) is 1. The molecule has 7 heteroatoms. The number of nitrogens with one attached hydrogen (secondary N) is 1. The molecule has 2 amide bonds. The molecule has 2 aromatic carbocycles. The Labute approximate surface area is 192 Å². The second-order valence-corrected chi connectivity index (χ2v) is 9.31. The summed E-state index contributed by atoms with van der Waals surface area (Å²) in [4.78, 5) is 32.7. The first kappa shape index (κ1) is 22.2. The molecule has 0 atom stereocenters. The molecule has 0 fully saturated rings. The zero-order chi connectivity index (χ0) is 22.7. The van der Waals surface area contributed by atoms with Crippen LogP contribution in [0.15, 0.2) is 42.5 Å². The third-order valence-electron chi connectivity index (χ3n) is 5.51. The number of nitrogens with zero attached hydrogens (tertiary/aromatic N) is 2. The fourth-order valence-corrected chi connectivity index (χ4v) is 4.95. The maximum Gasteiger partial charge on any atom is 0.252 e. The van der Waals surface area contributed by atoms with Gasteiger partial charge < -0.3 is 15.0 Å². The number of hydrogen-bond acceptors (Lipinski definition) is 5. The van der Waals surface area contributed by atoms with Crippen LogP contribution in [0, 0.1) is 13.8 Å². The highest BCUT2D eigenvalue weighted by Gasteiger charge is 2.23. The predicted molar refractivity (Wildman–Crippen MR) is 128 cm³/mol. The van der Waals surface area contributed by atoms with Crippen LogP contribution in [0.5, 0.6) is 0 Å². The van der Waals surface area contributed by atoms with Crippen molar-refractivity contribution in [1.29, 1.82) is 0 Å². The Bertz CT molecular complexity index is 1140. The van der Waals surface area contributed by atoms with Crippen LogP contribution >= 0.6 is 11.3 Å². The number of thiazole rings is 1. The van der Waals surface area contributed by atoms with E-state index in [4.69, 9.17) is 4.74 Å². The van der Waals surface area contributed by atoms with Gasteiger partial charge in [-0.3, -0.25) is 9.59 Å². The van der Waals surface area contributed by atoms with E-state index in [2.05, 4.69) is 22.4 Å². The quantitative estimate of drug-likeness (QED) is 0.600. The number of rotatable bonds is 6. The largest absolute Gasteiger partial charge is 0.375 e. The Hall–Kier alpha value is -3.03. The Morgan fingerprint density at radius 1 is 1.16 bits per heavy atom. The van der Waals surface area contributed by atoms with Crippen LogP contribution in [0.2, 0.25) is 0 Å². The van der Waals surface area contributed by atoms with E-state index in [9.17, 15) is 9.59 Å². The van der Waals surface area contributed by atoms with Gasteiger partial charge in [-0.15, -0.1) is 11.3 Å². The fourth-order valence-electron chi connectivity index (χ4n) is 3.99. The van der Waals surface area contributed by atoms with Crippen molar-refractivity contribution in [3.63, 3.8) is 0 Å². The summed E-state index contributed by atoms with van der Waals surface area (Å²) >= 11 is 1.55. The van der Waals surface area contributed by atoms with Crippen molar-refractivity contribution in [2.75, 3.05) is 30.5 Å². The minimum atomic E-state index is -0.104. The van der Waals surface area contributed by atoms with Gasteiger partial charge in [0.25, 0.3) is 5.91 Å². The van der Waals surface area contributed by atoms with Crippen LogP contribution in [0.25, 0.3) is 11.3 Å². The van der Waals surface area contributed by atoms with E-state index in [-0.39, 0.29) is 24.8 Å². The van der Waals surface area contributed by atoms with E-state index in [1.807, 2.05) is 44.2 Å². The molecule has 0 bridgehead atoms. The molecule has 0 saturated heterocycles. The molecule has 0 unspecified atom stereocenters. The van der Waals surface area contributed by atoms with Gasteiger partial charge in [0.1, 0.15) is 6.61 Å². The standard InChI is InChI=1S/C25H27N3O3S/c1-16-6-8-19(9-7-16)25-22(32-17(2)26-25)14-23(29)27-20-11-10-18-5-4-12-28(21(18)13-20)24(30)15-31-3/h6-11,13H,4-5,12,14-15H2,1-3H3,(H,27,29). The van der Waals surface area contributed by atoms with Crippen LogP contribution in [0.1, 0.15) is 27.4 Å². The summed E-state index contributed by atoms with van der Waals surface area (Å²) in [5.74, 6) is -0.174. The lowest BCUT2D eigenvalue weighted by molar-refractivity contribution is -0.122. The number of hydrogen-bond donors (Lipinski definition) is 1. The van der Waals surface area contributed by atoms with Gasteiger partial charge in [-0.1, -0.05) is 35.9 Å². The minimum Gasteiger partial charge on any atom is -0.375 e. The van der Waals surface area contributed by atoms with E-state index in [1.165, 1.54) is 12.7 Å². The monoisotopic (exact) mass is 449 g/mol. The van der Waals surface area contributed by atoms with Crippen molar-refractivity contribution in [3.05, 3.63) is 63.5 Å². The first-order valence-electron chi connectivity index (χ1n) is 10.7. The molecule has 4 rings (SSSR count). The minimum absolute atomic E-state index is 0.0442. The number of methoxy groups -OCH3 is 1. The molecule has 1 aliphatic rings. The van der Waals surface area contributed by atoms with Crippen molar-refractivity contribution in [2.24, 2.45) is 0 Å². The zero-order valence-electron chi connectivity index (χ0n) is 18.6. The average Bonchev–Trinajstić information content (AvgIpc) is 3.13. The third-order valence-corrected chi connectivity index (χ3v) is 6.48. The Morgan fingerprint density at radius 2 is 1.94 bits per heavy atom. The lowest BCUT2D eigenvalue weighted by Crippen LogP contribution is -2.37. The number of amides is 2. The summed E-state index contributed by atoms with van der Waals surface area (Å²) in [6.45, 7) is 4.71. The lowest BCUT2D eigenvalue weighted by atomic mass is 10.0. The van der Waals surface area contributed by atoms with Crippen LogP contribution in [-0.2, 0) is 27.2 Å². The van der Waals surface area contributed by atoms with E-state index in [0.29, 0.717) is 12.2 Å². The van der Waals surface area contributed by atoms with Gasteiger partial charge in [0.2, 0.25) is 5.91 Å². The van der Waals surface area contributed by atoms with Gasteiger partial charge in [0, 0.05) is 35.5 Å². The molecule has 1 aromatic heterocycles. The summed E-state index contributed by atoms with van der Waals surface area (Å²) in [5, 5.41) is 3.93. The lowest BCUT2D eigenvalue weighted by Gasteiger charge is -2.29. The van der Waals surface area contributed by atoms with Crippen LogP contribution < -0.4 is 10.2 Å². The number of anilines is 2. The molecule has 32 heavy (non-hydrogen) atoms. The molecule has 1 N–H and O–H groups in total. The summed E-state index contributed by atoms with van der Waals surface area (Å²) in [6, 6.07) is 14.0. The van der Waals surface area contributed by atoms with Crippen LogP contribution in [0.3, 0.4) is 0 Å². The Morgan fingerprint density at radius 3 is 2.69 bits per heavy atom. The van der Waals surface area contributed by atoms with Crippen molar-refractivity contribution in [3.8, 4) is 11.3 Å². The molecule has 0 radical (unpaired) electrons. The van der Waals surface area contributed by atoms with Crippen molar-refractivity contribution < 1.29 is 14.3 Å². The summed E-state index contributed by atoms with van der Waals surface area (Å²) in [5.41, 5.74) is 5.71. The van der Waals surface area contributed by atoms with Gasteiger partial charge in [0.05, 0.1) is 17.1 Å². The van der Waals surface area contributed by atoms with Crippen molar-refractivity contribution >= 4 is 34.5 Å². The molecular formula is C25H27N3O3S. The highest BCUT2D eigenvalue weighted by molar-refractivity contribution is 7.12. The van der Waals surface area contributed by atoms with Gasteiger partial charge in [0.15, 0.2) is 0 Å². The first-order chi connectivity index (χ1) is 15.4. The number of carbonyl (C=O) groups excluding carboxylic acids is 2. The molecule has 0 aliphatic carbocycles. The predicted octanol–water partition coefficient (Wildman–Crippen LogP) is 4.53. The van der Waals surface area contributed by atoms with Gasteiger partial charge in [-0.25, -0.2) is 4.98 Å². The van der Waals surface area contributed by atoms with Gasteiger partial charge >= 0.3 is 0 Å². The third kappa shape index (κ3) is 4.89. The second kappa shape index (κ2) is 9.63. The topological polar surface area (TPSA) is 71.5 Å². The SMILES string of the molecule is COCC(=O)N1CCCc2ccc(NC(=O)Cc3sc(C)nc3-c3ccc(C)cc3)cc21. The molecule has 1 aliphatic heterocycles. The summed E-state index contributed by atoms with van der Waals surface area (Å²) < 4.78 is 5.02. The van der Waals surface area contributed by atoms with Crippen molar-refractivity contribution in [1.82, 2.24) is 4.98 Å². The van der Waals surface area contributed by atoms with E-state index in [0.717, 1.165) is 45.2 Å². The van der Waals surface area contributed by atoms with E-state index in [1.54, 1.807) is 16.2 Å². The molecule has 0 saturated carbocycles. The number of carbonyl (C=O) groups is 2. The molecule has 6 nitrogen and oxygen atoms in total. The molecular weight excluding hydrogens is 422 g/mol. The maximum absolute atomic E-state index is 12.9. The number of benzene rings is 2.